The Kier molecular flexibility index (Phi) is 7.10. The van der Waals surface area contributed by atoms with Crippen LogP contribution in [0, 0.1) is 0 Å². The summed E-state index contributed by atoms with van der Waals surface area (Å²) in [6.45, 7) is 9.62. The largest absolute Gasteiger partial charge is 0.370 e. The Morgan fingerprint density at radius 3 is 2.27 bits per heavy atom. The summed E-state index contributed by atoms with van der Waals surface area (Å²) in [7, 11) is 2.17. The molecule has 1 aliphatic rings. The van der Waals surface area contributed by atoms with E-state index in [-0.39, 0.29) is 0 Å². The van der Waals surface area contributed by atoms with E-state index in [1.807, 2.05) is 6.07 Å². The van der Waals surface area contributed by atoms with Gasteiger partial charge >= 0.3 is 0 Å². The van der Waals surface area contributed by atoms with Crippen LogP contribution in [0.1, 0.15) is 41.7 Å². The maximum atomic E-state index is 4.32. The summed E-state index contributed by atoms with van der Waals surface area (Å²) in [5, 5.41) is 0. The fourth-order valence-corrected chi connectivity index (χ4v) is 4.36. The highest BCUT2D eigenvalue weighted by Crippen LogP contribution is 2.29. The van der Waals surface area contributed by atoms with Crippen molar-refractivity contribution in [1.82, 2.24) is 4.90 Å². The van der Waals surface area contributed by atoms with Crippen molar-refractivity contribution in [3.8, 4) is 0 Å². The quantitative estimate of drug-likeness (QED) is 0.346. The Labute approximate surface area is 199 Å². The summed E-state index contributed by atoms with van der Waals surface area (Å²) in [5.41, 5.74) is 11.6. The molecule has 0 radical (unpaired) electrons. The van der Waals surface area contributed by atoms with Crippen molar-refractivity contribution >= 4 is 11.3 Å². The van der Waals surface area contributed by atoms with Crippen LogP contribution in [0.5, 0.6) is 0 Å². The minimum atomic E-state index is 0.903. The van der Waals surface area contributed by atoms with Gasteiger partial charge in [0.15, 0.2) is 0 Å². The third kappa shape index (κ3) is 5.43. The lowest BCUT2D eigenvalue weighted by atomic mass is 9.92. The number of nitrogens with zero attached hydrogens (tertiary/aromatic N) is 1. The second kappa shape index (κ2) is 10.4. The van der Waals surface area contributed by atoms with Crippen LogP contribution in [0.2, 0.25) is 0 Å². The van der Waals surface area contributed by atoms with Crippen molar-refractivity contribution in [2.75, 3.05) is 13.6 Å². The lowest BCUT2D eigenvalue weighted by Gasteiger charge is -2.27. The van der Waals surface area contributed by atoms with Gasteiger partial charge < -0.3 is 4.90 Å². The molecule has 1 heterocycles. The first kappa shape index (κ1) is 22.6. The summed E-state index contributed by atoms with van der Waals surface area (Å²) in [4.78, 5) is 2.33. The van der Waals surface area contributed by atoms with Crippen LogP contribution in [0.3, 0.4) is 0 Å². The average Bonchev–Trinajstić information content (AvgIpc) is 2.85. The molecule has 0 amide bonds. The maximum Gasteiger partial charge on any atom is 0.0445 e. The van der Waals surface area contributed by atoms with E-state index in [0.29, 0.717) is 0 Å². The molecule has 0 N–H and O–H groups in total. The van der Waals surface area contributed by atoms with E-state index >= 15 is 0 Å². The topological polar surface area (TPSA) is 3.24 Å². The van der Waals surface area contributed by atoms with Crippen LogP contribution in [0.15, 0.2) is 115 Å². The van der Waals surface area contributed by atoms with Crippen LogP contribution < -0.4 is 0 Å². The van der Waals surface area contributed by atoms with Gasteiger partial charge in [0.25, 0.3) is 0 Å². The Balaban J connectivity index is 1.59. The SMILES string of the molecule is C=C(/C(C)=C\Cc1ccccc1Cc1ccccc1C1=CC(C)=CCN1C)c1ccccc1. The van der Waals surface area contributed by atoms with Crippen LogP contribution in [-0.4, -0.2) is 18.5 Å². The van der Waals surface area contributed by atoms with Crippen molar-refractivity contribution in [2.24, 2.45) is 0 Å². The van der Waals surface area contributed by atoms with Gasteiger partial charge in [0.1, 0.15) is 0 Å². The monoisotopic (exact) mass is 431 g/mol. The minimum absolute atomic E-state index is 0.903. The number of allylic oxidation sites excluding steroid dienone is 5. The Morgan fingerprint density at radius 1 is 0.879 bits per heavy atom. The van der Waals surface area contributed by atoms with Crippen molar-refractivity contribution in [2.45, 2.75) is 26.7 Å². The first-order valence-electron chi connectivity index (χ1n) is 11.7. The Hall–Kier alpha value is -3.58. The number of likely N-dealkylation sites (N-methyl/N-ethyl adjacent to an activating group) is 1. The predicted octanol–water partition coefficient (Wildman–Crippen LogP) is 7.71. The number of rotatable bonds is 7. The molecule has 33 heavy (non-hydrogen) atoms. The fourth-order valence-electron chi connectivity index (χ4n) is 4.36. The number of benzene rings is 3. The van der Waals surface area contributed by atoms with Gasteiger partial charge in [0.2, 0.25) is 0 Å². The van der Waals surface area contributed by atoms with Gasteiger partial charge in [-0.15, -0.1) is 0 Å². The third-order valence-corrected chi connectivity index (χ3v) is 6.48. The van der Waals surface area contributed by atoms with Gasteiger partial charge in [-0.05, 0) is 66.2 Å². The zero-order chi connectivity index (χ0) is 23.2. The molecular formula is C32H33N. The van der Waals surface area contributed by atoms with Crippen LogP contribution in [-0.2, 0) is 12.8 Å². The second-order valence-corrected chi connectivity index (χ2v) is 8.90. The Bertz CT molecular complexity index is 1220. The van der Waals surface area contributed by atoms with Gasteiger partial charge in [0.05, 0.1) is 0 Å². The third-order valence-electron chi connectivity index (χ3n) is 6.48. The molecule has 166 valence electrons. The highest BCUT2D eigenvalue weighted by molar-refractivity contribution is 5.76. The van der Waals surface area contributed by atoms with E-state index in [4.69, 9.17) is 0 Å². The highest BCUT2D eigenvalue weighted by atomic mass is 15.1. The summed E-state index contributed by atoms with van der Waals surface area (Å²) < 4.78 is 0. The molecule has 0 saturated heterocycles. The lowest BCUT2D eigenvalue weighted by Crippen LogP contribution is -2.20. The van der Waals surface area contributed by atoms with Crippen LogP contribution in [0.25, 0.3) is 11.3 Å². The maximum absolute atomic E-state index is 4.32. The second-order valence-electron chi connectivity index (χ2n) is 8.90. The molecule has 0 bridgehead atoms. The molecule has 3 aromatic rings. The molecule has 0 spiro atoms. The first-order chi connectivity index (χ1) is 16.0. The zero-order valence-electron chi connectivity index (χ0n) is 20.0. The molecule has 4 rings (SSSR count). The van der Waals surface area contributed by atoms with Gasteiger partial charge in [-0.3, -0.25) is 0 Å². The van der Waals surface area contributed by atoms with E-state index in [0.717, 1.165) is 25.0 Å². The Morgan fingerprint density at radius 2 is 1.52 bits per heavy atom. The van der Waals surface area contributed by atoms with Crippen LogP contribution in [0.4, 0.5) is 0 Å². The van der Waals surface area contributed by atoms with Gasteiger partial charge in [-0.1, -0.05) is 103 Å². The van der Waals surface area contributed by atoms with E-state index in [9.17, 15) is 0 Å². The smallest absolute Gasteiger partial charge is 0.0445 e. The van der Waals surface area contributed by atoms with Crippen molar-refractivity contribution < 1.29 is 0 Å². The van der Waals surface area contributed by atoms with Crippen LogP contribution >= 0.6 is 0 Å². The lowest BCUT2D eigenvalue weighted by molar-refractivity contribution is 0.528. The van der Waals surface area contributed by atoms with Crippen molar-refractivity contribution in [3.05, 3.63) is 143 Å². The molecule has 3 aromatic carbocycles. The molecule has 0 aliphatic carbocycles. The standard InChI is InChI=1S/C32H33N/c1-24-20-21-33(4)32(22-24)31-17-11-10-16-30(31)23-29-15-9-8-14-28(29)19-18-25(2)26(3)27-12-6-5-7-13-27/h5-18,20,22H,3,19,21,23H2,1-2,4H3/b25-18-. The number of hydrogen-bond acceptors (Lipinski definition) is 1. The summed E-state index contributed by atoms with van der Waals surface area (Å²) in [6.07, 6.45) is 8.72. The fraction of sp³-hybridized carbons (Fsp3) is 0.188. The summed E-state index contributed by atoms with van der Waals surface area (Å²) in [5.74, 6) is 0. The van der Waals surface area contributed by atoms with E-state index < -0.39 is 0 Å². The van der Waals surface area contributed by atoms with Crippen molar-refractivity contribution in [1.29, 1.82) is 0 Å². The van der Waals surface area contributed by atoms with Gasteiger partial charge in [0, 0.05) is 24.9 Å². The van der Waals surface area contributed by atoms with Crippen molar-refractivity contribution in [3.63, 3.8) is 0 Å². The van der Waals surface area contributed by atoms with Gasteiger partial charge in [-0.25, -0.2) is 0 Å². The molecule has 1 heteroatoms. The molecule has 0 fully saturated rings. The normalized spacial score (nSPS) is 14.0. The molecule has 0 unspecified atom stereocenters. The molecule has 1 nitrogen and oxygen atoms in total. The van der Waals surface area contributed by atoms with E-state index in [1.54, 1.807) is 0 Å². The average molecular weight is 432 g/mol. The highest BCUT2D eigenvalue weighted by Gasteiger charge is 2.15. The summed E-state index contributed by atoms with van der Waals surface area (Å²) >= 11 is 0. The molecule has 0 saturated carbocycles. The minimum Gasteiger partial charge on any atom is -0.370 e. The molecule has 0 aromatic heterocycles. The first-order valence-corrected chi connectivity index (χ1v) is 11.7. The zero-order valence-corrected chi connectivity index (χ0v) is 20.0. The predicted molar refractivity (Wildman–Crippen MR) is 143 cm³/mol. The van der Waals surface area contributed by atoms with E-state index in [2.05, 4.69) is 123 Å². The number of hydrogen-bond donors (Lipinski definition) is 0. The summed E-state index contributed by atoms with van der Waals surface area (Å²) in [6, 6.07) is 28.1. The molecule has 0 atom stereocenters. The molecular weight excluding hydrogens is 398 g/mol. The molecule has 1 aliphatic heterocycles. The van der Waals surface area contributed by atoms with Gasteiger partial charge in [-0.2, -0.15) is 0 Å². The van der Waals surface area contributed by atoms with E-state index in [1.165, 1.54) is 44.7 Å².